The average molecular weight is 384 g/mol. The third-order valence-corrected chi connectivity index (χ3v) is 7.29. The molecule has 0 aliphatic carbocycles. The van der Waals surface area contributed by atoms with E-state index in [1.807, 2.05) is 18.4 Å². The first kappa shape index (κ1) is 17.5. The van der Waals surface area contributed by atoms with Gasteiger partial charge in [0.05, 0.1) is 18.1 Å². The highest BCUT2D eigenvalue weighted by atomic mass is 35.5. The molecular formula is C17H18ClNO3S2. The van der Waals surface area contributed by atoms with Crippen LogP contribution < -0.4 is 0 Å². The van der Waals surface area contributed by atoms with Crippen molar-refractivity contribution in [1.82, 2.24) is 4.90 Å². The summed E-state index contributed by atoms with van der Waals surface area (Å²) in [6.45, 7) is 2.44. The summed E-state index contributed by atoms with van der Waals surface area (Å²) in [6.07, 6.45) is 0.492. The van der Waals surface area contributed by atoms with Crippen molar-refractivity contribution >= 4 is 38.7 Å². The maximum Gasteiger partial charge on any atom is 0.254 e. The van der Waals surface area contributed by atoms with Crippen molar-refractivity contribution in [3.63, 3.8) is 0 Å². The van der Waals surface area contributed by atoms with Crippen molar-refractivity contribution in [1.29, 1.82) is 0 Å². The predicted molar refractivity (Wildman–Crippen MR) is 97.4 cm³/mol. The van der Waals surface area contributed by atoms with Crippen LogP contribution in [0.2, 0.25) is 5.02 Å². The molecule has 0 N–H and O–H groups in total. The first-order valence-electron chi connectivity index (χ1n) is 7.66. The van der Waals surface area contributed by atoms with Crippen LogP contribution in [0.4, 0.5) is 0 Å². The van der Waals surface area contributed by atoms with Crippen molar-refractivity contribution in [3.05, 3.63) is 56.7 Å². The number of carbonyl (C=O) groups excluding carboxylic acids is 1. The molecule has 7 heteroatoms. The minimum absolute atomic E-state index is 0.0384. The number of hydrogen-bond acceptors (Lipinski definition) is 4. The predicted octanol–water partition coefficient (Wildman–Crippen LogP) is 3.54. The molecule has 1 aliphatic heterocycles. The third kappa shape index (κ3) is 3.82. The van der Waals surface area contributed by atoms with Crippen LogP contribution in [0.3, 0.4) is 0 Å². The molecule has 1 atom stereocenters. The Kier molecular flexibility index (Phi) is 4.99. The van der Waals surface area contributed by atoms with Gasteiger partial charge in [-0.25, -0.2) is 8.42 Å². The lowest BCUT2D eigenvalue weighted by Gasteiger charge is -2.28. The Morgan fingerprint density at radius 1 is 1.29 bits per heavy atom. The number of hydrogen-bond donors (Lipinski definition) is 0. The first-order valence-corrected chi connectivity index (χ1v) is 10.7. The smallest absolute Gasteiger partial charge is 0.254 e. The fourth-order valence-corrected chi connectivity index (χ4v) is 5.63. The van der Waals surface area contributed by atoms with Crippen molar-refractivity contribution in [2.45, 2.75) is 25.9 Å². The molecule has 0 radical (unpaired) electrons. The Morgan fingerprint density at radius 2 is 2.00 bits per heavy atom. The SMILES string of the molecule is Cc1ccsc1CN(C(=O)c1ccc(Cl)cc1)[C@H]1CCS(=O)(=O)C1. The molecule has 0 unspecified atom stereocenters. The highest BCUT2D eigenvalue weighted by Gasteiger charge is 2.35. The average Bonchev–Trinajstić information content (AvgIpc) is 3.10. The van der Waals surface area contributed by atoms with Gasteiger partial charge in [0.1, 0.15) is 0 Å². The highest BCUT2D eigenvalue weighted by Crippen LogP contribution is 2.26. The topological polar surface area (TPSA) is 54.5 Å². The molecule has 3 rings (SSSR count). The largest absolute Gasteiger partial charge is 0.329 e. The van der Waals surface area contributed by atoms with Crippen molar-refractivity contribution in [3.8, 4) is 0 Å². The van der Waals surface area contributed by atoms with E-state index in [4.69, 9.17) is 11.6 Å². The standard InChI is InChI=1S/C17H18ClNO3S2/c1-12-6-8-23-16(12)10-19(15-7-9-24(21,22)11-15)17(20)13-2-4-14(18)5-3-13/h2-6,8,15H,7,9-11H2,1H3/t15-/m0/s1. The summed E-state index contributed by atoms with van der Waals surface area (Å²) in [5.41, 5.74) is 1.65. The Bertz CT molecular complexity index is 843. The van der Waals surface area contributed by atoms with E-state index in [0.29, 0.717) is 23.6 Å². The molecule has 0 spiro atoms. The molecule has 128 valence electrons. The van der Waals surface area contributed by atoms with Crippen LogP contribution in [-0.2, 0) is 16.4 Å². The van der Waals surface area contributed by atoms with E-state index >= 15 is 0 Å². The number of thiophene rings is 1. The van der Waals surface area contributed by atoms with E-state index in [2.05, 4.69) is 0 Å². The molecule has 1 aromatic heterocycles. The lowest BCUT2D eigenvalue weighted by atomic mass is 10.1. The number of halogens is 1. The van der Waals surface area contributed by atoms with E-state index in [-0.39, 0.29) is 23.5 Å². The van der Waals surface area contributed by atoms with E-state index in [1.165, 1.54) is 0 Å². The van der Waals surface area contributed by atoms with Crippen LogP contribution in [0.25, 0.3) is 0 Å². The quantitative estimate of drug-likeness (QED) is 0.811. The molecule has 0 saturated carbocycles. The van der Waals surface area contributed by atoms with Gasteiger partial charge in [-0.05, 0) is 54.6 Å². The third-order valence-electron chi connectivity index (χ3n) is 4.28. The van der Waals surface area contributed by atoms with Crippen LogP contribution in [0.1, 0.15) is 27.2 Å². The maximum atomic E-state index is 13.0. The van der Waals surface area contributed by atoms with Crippen LogP contribution in [0.15, 0.2) is 35.7 Å². The molecule has 1 aliphatic rings. The fraction of sp³-hybridized carbons (Fsp3) is 0.353. The summed E-state index contributed by atoms with van der Waals surface area (Å²) in [4.78, 5) is 15.8. The van der Waals surface area contributed by atoms with Gasteiger partial charge in [0.2, 0.25) is 0 Å². The zero-order chi connectivity index (χ0) is 17.3. The molecule has 1 fully saturated rings. The van der Waals surface area contributed by atoms with E-state index in [0.717, 1.165) is 10.4 Å². The Morgan fingerprint density at radius 3 is 2.54 bits per heavy atom. The normalized spacial score (nSPS) is 19.3. The first-order chi connectivity index (χ1) is 11.4. The number of amides is 1. The molecule has 24 heavy (non-hydrogen) atoms. The van der Waals surface area contributed by atoms with Crippen LogP contribution in [0, 0.1) is 6.92 Å². The van der Waals surface area contributed by atoms with Gasteiger partial charge < -0.3 is 4.90 Å². The lowest BCUT2D eigenvalue weighted by molar-refractivity contribution is 0.0683. The summed E-state index contributed by atoms with van der Waals surface area (Å²) in [7, 11) is -3.06. The summed E-state index contributed by atoms with van der Waals surface area (Å²) in [6, 6.07) is 8.45. The Balaban J connectivity index is 1.90. The summed E-state index contributed by atoms with van der Waals surface area (Å²) >= 11 is 7.48. The summed E-state index contributed by atoms with van der Waals surface area (Å²) < 4.78 is 23.7. The fourth-order valence-electron chi connectivity index (χ4n) is 2.87. The Hall–Kier alpha value is -1.37. The van der Waals surface area contributed by atoms with E-state index in [9.17, 15) is 13.2 Å². The number of benzene rings is 1. The molecule has 2 aromatic rings. The maximum absolute atomic E-state index is 13.0. The van der Waals surface area contributed by atoms with E-state index < -0.39 is 9.84 Å². The molecule has 0 bridgehead atoms. The Labute approximate surface area is 151 Å². The van der Waals surface area contributed by atoms with Gasteiger partial charge in [-0.2, -0.15) is 0 Å². The van der Waals surface area contributed by atoms with Gasteiger partial charge in [0.25, 0.3) is 5.91 Å². The molecule has 4 nitrogen and oxygen atoms in total. The number of sulfone groups is 1. The van der Waals surface area contributed by atoms with Gasteiger partial charge in [-0.1, -0.05) is 11.6 Å². The van der Waals surface area contributed by atoms with Gasteiger partial charge in [0.15, 0.2) is 9.84 Å². The van der Waals surface area contributed by atoms with Gasteiger partial charge in [-0.3, -0.25) is 4.79 Å². The van der Waals surface area contributed by atoms with E-state index in [1.54, 1.807) is 40.5 Å². The summed E-state index contributed by atoms with van der Waals surface area (Å²) in [5.74, 6) is 0.0315. The minimum atomic E-state index is -3.06. The zero-order valence-corrected chi connectivity index (χ0v) is 15.6. The second-order valence-electron chi connectivity index (χ2n) is 6.02. The lowest BCUT2D eigenvalue weighted by Crippen LogP contribution is -2.40. The minimum Gasteiger partial charge on any atom is -0.329 e. The summed E-state index contributed by atoms with van der Waals surface area (Å²) in [5, 5.41) is 2.55. The highest BCUT2D eigenvalue weighted by molar-refractivity contribution is 7.91. The van der Waals surface area contributed by atoms with Gasteiger partial charge in [0, 0.05) is 21.5 Å². The molecule has 2 heterocycles. The van der Waals surface area contributed by atoms with Crippen LogP contribution in [0.5, 0.6) is 0 Å². The van der Waals surface area contributed by atoms with Crippen molar-refractivity contribution in [2.75, 3.05) is 11.5 Å². The monoisotopic (exact) mass is 383 g/mol. The number of nitrogens with zero attached hydrogens (tertiary/aromatic N) is 1. The van der Waals surface area contributed by atoms with Crippen LogP contribution >= 0.6 is 22.9 Å². The number of rotatable bonds is 4. The molecule has 1 saturated heterocycles. The van der Waals surface area contributed by atoms with Gasteiger partial charge in [-0.15, -0.1) is 11.3 Å². The van der Waals surface area contributed by atoms with Crippen LogP contribution in [-0.4, -0.2) is 36.8 Å². The molecule has 1 aromatic carbocycles. The van der Waals surface area contributed by atoms with Crippen molar-refractivity contribution < 1.29 is 13.2 Å². The number of carbonyl (C=O) groups is 1. The second kappa shape index (κ2) is 6.86. The zero-order valence-electron chi connectivity index (χ0n) is 13.2. The second-order valence-corrected chi connectivity index (χ2v) is 9.69. The molecular weight excluding hydrogens is 366 g/mol. The van der Waals surface area contributed by atoms with Gasteiger partial charge >= 0.3 is 0 Å². The molecule has 1 amide bonds. The van der Waals surface area contributed by atoms with Crippen molar-refractivity contribution in [2.24, 2.45) is 0 Å². The number of aryl methyl sites for hydroxylation is 1.